The number of benzene rings is 6. The van der Waals surface area contributed by atoms with Crippen LogP contribution >= 0.6 is 0 Å². The van der Waals surface area contributed by atoms with Crippen LogP contribution in [-0.2, 0) is 0 Å². The van der Waals surface area contributed by atoms with E-state index in [4.69, 9.17) is 47.4 Å². The monoisotopic (exact) mass is 832 g/mol. The van der Waals surface area contributed by atoms with E-state index in [0.29, 0.717) is 28.6 Å². The lowest BCUT2D eigenvalue weighted by atomic mass is 10.0. The zero-order valence-corrected chi connectivity index (χ0v) is 33.6. The summed E-state index contributed by atoms with van der Waals surface area (Å²) in [7, 11) is 8.57. The zero-order chi connectivity index (χ0) is 43.6. The van der Waals surface area contributed by atoms with Crippen molar-refractivity contribution in [1.29, 1.82) is 0 Å². The van der Waals surface area contributed by atoms with E-state index in [1.54, 1.807) is 12.1 Å². The Bertz CT molecular complexity index is 2570. The van der Waals surface area contributed by atoms with Crippen molar-refractivity contribution in [2.75, 3.05) is 42.7 Å². The molecular formula is C46H37FO14. The highest BCUT2D eigenvalue weighted by Crippen LogP contribution is 2.37. The van der Waals surface area contributed by atoms with E-state index in [9.17, 15) is 19.2 Å². The van der Waals surface area contributed by atoms with Gasteiger partial charge in [0.05, 0.1) is 53.8 Å². The Balaban J connectivity index is 1.03. The van der Waals surface area contributed by atoms with Gasteiger partial charge < -0.3 is 47.4 Å². The summed E-state index contributed by atoms with van der Waals surface area (Å²) in [5.74, 6) is -1.38. The van der Waals surface area contributed by atoms with E-state index in [2.05, 4.69) is 0 Å². The second-order valence-corrected chi connectivity index (χ2v) is 12.6. The number of carbonyl (C=O) groups is 4. The summed E-state index contributed by atoms with van der Waals surface area (Å²) in [5.41, 5.74) is 1.14. The Morgan fingerprint density at radius 2 is 0.689 bits per heavy atom. The van der Waals surface area contributed by atoms with Crippen molar-refractivity contribution >= 4 is 23.9 Å². The highest BCUT2D eigenvalue weighted by molar-refractivity contribution is 5.96. The zero-order valence-electron chi connectivity index (χ0n) is 33.6. The van der Waals surface area contributed by atoms with E-state index in [0.717, 1.165) is 6.07 Å². The average Bonchev–Trinajstić information content (AvgIpc) is 3.28. The number of hydrogen-bond acceptors (Lipinski definition) is 14. The van der Waals surface area contributed by atoms with Crippen LogP contribution in [0, 0.1) is 5.82 Å². The Morgan fingerprint density at radius 3 is 1.07 bits per heavy atom. The summed E-state index contributed by atoms with van der Waals surface area (Å²) >= 11 is 0. The van der Waals surface area contributed by atoms with Gasteiger partial charge in [-0.05, 0) is 78.4 Å². The van der Waals surface area contributed by atoms with Crippen LogP contribution in [0.1, 0.15) is 41.4 Å². The van der Waals surface area contributed by atoms with Crippen molar-refractivity contribution in [3.8, 4) is 68.6 Å². The molecule has 0 spiro atoms. The lowest BCUT2D eigenvalue weighted by molar-refractivity contribution is 0.0717. The quantitative estimate of drug-likeness (QED) is 0.0716. The molecule has 0 amide bonds. The van der Waals surface area contributed by atoms with Gasteiger partial charge in [0, 0.05) is 35.9 Å². The van der Waals surface area contributed by atoms with Gasteiger partial charge in [0.15, 0.2) is 23.0 Å². The van der Waals surface area contributed by atoms with Gasteiger partial charge in [0.25, 0.3) is 0 Å². The standard InChI is InChI=1S/C46H37FO14/c1-52-37-24-41(56-5)39(54-3)22-34(37)45(50)59-30-15-9-27(10-16-30)43(48)58-29-13-7-26(8-14-29)33-20-19-32(21-36(33)47)61-44(49)28-11-17-31(18-12-28)60-46(51)35-23-40(55-4)42(57-6)25-38(35)53-2/h7-25H,1-6H3. The Labute approximate surface area is 348 Å². The summed E-state index contributed by atoms with van der Waals surface area (Å²) in [6.45, 7) is 0. The molecule has 0 saturated heterocycles. The van der Waals surface area contributed by atoms with Crippen LogP contribution in [0.25, 0.3) is 11.1 Å². The number of rotatable bonds is 15. The Kier molecular flexibility index (Phi) is 13.3. The largest absolute Gasteiger partial charge is 0.496 e. The highest BCUT2D eigenvalue weighted by atomic mass is 19.1. The third-order valence-electron chi connectivity index (χ3n) is 8.98. The van der Waals surface area contributed by atoms with Crippen LogP contribution in [0.5, 0.6) is 57.5 Å². The number of esters is 4. The molecule has 15 heteroatoms. The first-order valence-corrected chi connectivity index (χ1v) is 18.1. The lowest BCUT2D eigenvalue weighted by Gasteiger charge is -2.13. The number of methoxy groups -OCH3 is 6. The molecule has 0 fully saturated rings. The molecular weight excluding hydrogens is 795 g/mol. The number of halogens is 1. The predicted molar refractivity (Wildman–Crippen MR) is 217 cm³/mol. The van der Waals surface area contributed by atoms with Crippen molar-refractivity contribution in [2.45, 2.75) is 0 Å². The van der Waals surface area contributed by atoms with Gasteiger partial charge in [-0.1, -0.05) is 12.1 Å². The molecule has 6 aromatic carbocycles. The Morgan fingerprint density at radius 1 is 0.361 bits per heavy atom. The molecule has 0 N–H and O–H groups in total. The fourth-order valence-corrected chi connectivity index (χ4v) is 5.85. The minimum absolute atomic E-state index is 0.0469. The SMILES string of the molecule is COc1cc(OC)c(C(=O)Oc2ccc(C(=O)Oc3ccc(-c4ccc(OC(=O)c5ccc(OC(=O)c6cc(OC)c(OC)cc6OC)cc5)cc4F)cc3)cc2)cc1OC. The van der Waals surface area contributed by atoms with Crippen molar-refractivity contribution < 1.29 is 70.9 Å². The molecule has 0 unspecified atom stereocenters. The normalized spacial score (nSPS) is 10.5. The summed E-state index contributed by atoms with van der Waals surface area (Å²) in [6, 6.07) is 27.3. The molecule has 0 aliphatic heterocycles. The maximum Gasteiger partial charge on any atom is 0.347 e. The molecule has 6 aromatic rings. The van der Waals surface area contributed by atoms with Crippen molar-refractivity contribution in [3.63, 3.8) is 0 Å². The molecule has 0 aliphatic rings. The topological polar surface area (TPSA) is 161 Å². The fraction of sp³-hybridized carbons (Fsp3) is 0.130. The van der Waals surface area contributed by atoms with Crippen molar-refractivity contribution in [1.82, 2.24) is 0 Å². The second kappa shape index (κ2) is 19.1. The van der Waals surface area contributed by atoms with Crippen LogP contribution in [0.2, 0.25) is 0 Å². The second-order valence-electron chi connectivity index (χ2n) is 12.6. The van der Waals surface area contributed by atoms with Gasteiger partial charge in [-0.2, -0.15) is 0 Å². The number of ether oxygens (including phenoxy) is 10. The first-order chi connectivity index (χ1) is 29.5. The maximum absolute atomic E-state index is 15.3. The summed E-state index contributed by atoms with van der Waals surface area (Å²) in [4.78, 5) is 51.6. The summed E-state index contributed by atoms with van der Waals surface area (Å²) in [6.07, 6.45) is 0. The van der Waals surface area contributed by atoms with E-state index >= 15 is 4.39 Å². The molecule has 6 rings (SSSR count). The smallest absolute Gasteiger partial charge is 0.347 e. The molecule has 0 saturated carbocycles. The molecule has 0 aliphatic carbocycles. The Hall–Kier alpha value is -8.07. The minimum atomic E-state index is -0.774. The van der Waals surface area contributed by atoms with Crippen LogP contribution < -0.4 is 47.4 Å². The lowest BCUT2D eigenvalue weighted by Crippen LogP contribution is -2.12. The molecule has 0 radical (unpaired) electrons. The van der Waals surface area contributed by atoms with E-state index in [1.807, 2.05) is 0 Å². The number of carbonyl (C=O) groups excluding carboxylic acids is 4. The molecule has 61 heavy (non-hydrogen) atoms. The van der Waals surface area contributed by atoms with Gasteiger partial charge >= 0.3 is 23.9 Å². The van der Waals surface area contributed by atoms with E-state index in [1.165, 1.54) is 140 Å². The van der Waals surface area contributed by atoms with Crippen molar-refractivity contribution in [2.24, 2.45) is 0 Å². The van der Waals surface area contributed by atoms with Crippen LogP contribution in [-0.4, -0.2) is 66.5 Å². The van der Waals surface area contributed by atoms with E-state index in [-0.39, 0.29) is 62.3 Å². The minimum Gasteiger partial charge on any atom is -0.496 e. The molecule has 14 nitrogen and oxygen atoms in total. The van der Waals surface area contributed by atoms with Gasteiger partial charge in [-0.15, -0.1) is 0 Å². The molecule has 0 bridgehead atoms. The molecule has 0 heterocycles. The predicted octanol–water partition coefficient (Wildman–Crippen LogP) is 8.42. The van der Waals surface area contributed by atoms with Crippen LogP contribution in [0.15, 0.2) is 115 Å². The first kappa shape index (κ1) is 42.5. The molecule has 0 aromatic heterocycles. The number of hydrogen-bond donors (Lipinski definition) is 0. The third-order valence-corrected chi connectivity index (χ3v) is 8.98. The fourth-order valence-electron chi connectivity index (χ4n) is 5.85. The molecule has 312 valence electrons. The third kappa shape index (κ3) is 9.80. The molecule has 0 atom stereocenters. The highest BCUT2D eigenvalue weighted by Gasteiger charge is 2.22. The first-order valence-electron chi connectivity index (χ1n) is 18.1. The maximum atomic E-state index is 15.3. The van der Waals surface area contributed by atoms with Gasteiger partial charge in [-0.25, -0.2) is 23.6 Å². The van der Waals surface area contributed by atoms with Crippen molar-refractivity contribution in [3.05, 3.63) is 143 Å². The van der Waals surface area contributed by atoms with E-state index < -0.39 is 29.7 Å². The van der Waals surface area contributed by atoms with Crippen LogP contribution in [0.3, 0.4) is 0 Å². The summed E-state index contributed by atoms with van der Waals surface area (Å²) in [5, 5.41) is 0. The van der Waals surface area contributed by atoms with Gasteiger partial charge in [0.1, 0.15) is 51.4 Å². The summed E-state index contributed by atoms with van der Waals surface area (Å²) < 4.78 is 68.8. The average molecular weight is 833 g/mol. The van der Waals surface area contributed by atoms with Gasteiger partial charge in [-0.3, -0.25) is 0 Å². The van der Waals surface area contributed by atoms with Gasteiger partial charge in [0.2, 0.25) is 0 Å². The van der Waals surface area contributed by atoms with Crippen LogP contribution in [0.4, 0.5) is 4.39 Å².